The summed E-state index contributed by atoms with van der Waals surface area (Å²) < 4.78 is 21.8. The summed E-state index contributed by atoms with van der Waals surface area (Å²) in [6.07, 6.45) is 0.975. The third kappa shape index (κ3) is 4.18. The lowest BCUT2D eigenvalue weighted by Gasteiger charge is -2.20. The van der Waals surface area contributed by atoms with Crippen LogP contribution in [-0.2, 0) is 17.2 Å². The van der Waals surface area contributed by atoms with E-state index in [4.69, 9.17) is 27.9 Å². The van der Waals surface area contributed by atoms with Crippen molar-refractivity contribution in [3.63, 3.8) is 0 Å². The van der Waals surface area contributed by atoms with E-state index >= 15 is 0 Å². The predicted molar refractivity (Wildman–Crippen MR) is 111 cm³/mol. The van der Waals surface area contributed by atoms with Crippen molar-refractivity contribution >= 4 is 67.2 Å². The summed E-state index contributed by atoms with van der Waals surface area (Å²) in [6, 6.07) is 1.64. The van der Waals surface area contributed by atoms with Gasteiger partial charge >= 0.3 is 6.09 Å². The molecule has 0 unspecified atom stereocenters. The summed E-state index contributed by atoms with van der Waals surface area (Å²) >= 11 is 15.3. The Hall–Kier alpha value is -1.64. The van der Waals surface area contributed by atoms with Gasteiger partial charge in [-0.25, -0.2) is 14.2 Å². The second-order valence-corrected chi connectivity index (χ2v) is 8.58. The SMILES string of the molecule is CC(C)(C)OC(=O)NCCn1c(CCl)nc2cnc3c(F)c(Br)c(Cl)cc3c21. The maximum atomic E-state index is 14.6. The van der Waals surface area contributed by atoms with Crippen LogP contribution in [0.25, 0.3) is 21.9 Å². The van der Waals surface area contributed by atoms with Crippen molar-refractivity contribution < 1.29 is 13.9 Å². The van der Waals surface area contributed by atoms with E-state index in [1.807, 2.05) is 4.57 Å². The maximum absolute atomic E-state index is 14.6. The number of nitrogens with zero attached hydrogens (tertiary/aromatic N) is 3. The number of ether oxygens (including phenoxy) is 1. The summed E-state index contributed by atoms with van der Waals surface area (Å²) in [5, 5.41) is 3.44. The molecule has 0 radical (unpaired) electrons. The highest BCUT2D eigenvalue weighted by Crippen LogP contribution is 2.35. The second-order valence-electron chi connectivity index (χ2n) is 7.12. The first-order valence-electron chi connectivity index (χ1n) is 8.46. The molecule has 3 rings (SSSR count). The van der Waals surface area contributed by atoms with Crippen molar-refractivity contribution in [1.82, 2.24) is 19.9 Å². The highest BCUT2D eigenvalue weighted by molar-refractivity contribution is 9.10. The third-order valence-corrected chi connectivity index (χ3v) is 5.44. The van der Waals surface area contributed by atoms with E-state index in [1.165, 1.54) is 6.20 Å². The molecule has 0 aliphatic carbocycles. The summed E-state index contributed by atoms with van der Waals surface area (Å²) in [5.41, 5.74) is 0.806. The van der Waals surface area contributed by atoms with Gasteiger partial charge in [0, 0.05) is 18.5 Å². The first-order chi connectivity index (χ1) is 13.1. The first kappa shape index (κ1) is 21.1. The molecule has 2 heterocycles. The lowest BCUT2D eigenvalue weighted by Crippen LogP contribution is -2.34. The quantitative estimate of drug-likeness (QED) is 0.391. The fourth-order valence-corrected chi connectivity index (χ4v) is 3.54. The van der Waals surface area contributed by atoms with Crippen LogP contribution in [0.4, 0.5) is 9.18 Å². The molecule has 2 aromatic heterocycles. The van der Waals surface area contributed by atoms with Gasteiger partial charge < -0.3 is 14.6 Å². The summed E-state index contributed by atoms with van der Waals surface area (Å²) in [4.78, 5) is 20.5. The molecular weight excluding hydrogens is 474 g/mol. The van der Waals surface area contributed by atoms with Gasteiger partial charge in [0.1, 0.15) is 22.5 Å². The number of pyridine rings is 1. The van der Waals surface area contributed by atoms with Gasteiger partial charge in [-0.3, -0.25) is 4.98 Å². The number of carbonyl (C=O) groups is 1. The van der Waals surface area contributed by atoms with Crippen molar-refractivity contribution in [2.75, 3.05) is 6.54 Å². The zero-order valence-electron chi connectivity index (χ0n) is 15.4. The van der Waals surface area contributed by atoms with Crippen LogP contribution in [0.15, 0.2) is 16.7 Å². The molecule has 3 aromatic rings. The average Bonchev–Trinajstić information content (AvgIpc) is 2.96. The zero-order valence-corrected chi connectivity index (χ0v) is 18.5. The standard InChI is InChI=1S/C18H18BrCl2FN4O2/c1-18(2,3)28-17(27)23-4-5-26-12(7-20)25-11-8-24-15-9(16(11)26)6-10(21)13(19)14(15)22/h6,8H,4-5,7H2,1-3H3,(H,23,27). The predicted octanol–water partition coefficient (Wildman–Crippen LogP) is 5.40. The highest BCUT2D eigenvalue weighted by atomic mass is 79.9. The molecule has 1 amide bonds. The van der Waals surface area contributed by atoms with E-state index < -0.39 is 17.5 Å². The number of halogens is 4. The van der Waals surface area contributed by atoms with Crippen LogP contribution in [0, 0.1) is 5.82 Å². The number of carbonyl (C=O) groups excluding carboxylic acids is 1. The minimum Gasteiger partial charge on any atom is -0.444 e. The van der Waals surface area contributed by atoms with Gasteiger partial charge in [-0.05, 0) is 42.8 Å². The molecule has 28 heavy (non-hydrogen) atoms. The van der Waals surface area contributed by atoms with Gasteiger partial charge in [-0.1, -0.05) is 11.6 Å². The normalized spacial score (nSPS) is 12.0. The fourth-order valence-electron chi connectivity index (χ4n) is 2.84. The number of alkyl carbamates (subject to hydrolysis) is 1. The first-order valence-corrected chi connectivity index (χ1v) is 10.2. The minimum atomic E-state index is -0.587. The fraction of sp³-hybridized carbons (Fsp3) is 0.389. The Morgan fingerprint density at radius 2 is 2.14 bits per heavy atom. The van der Waals surface area contributed by atoms with Gasteiger partial charge in [-0.2, -0.15) is 0 Å². The van der Waals surface area contributed by atoms with E-state index in [1.54, 1.807) is 26.8 Å². The van der Waals surface area contributed by atoms with Crippen LogP contribution < -0.4 is 5.32 Å². The zero-order chi connectivity index (χ0) is 20.6. The molecule has 10 heteroatoms. The van der Waals surface area contributed by atoms with Gasteiger partial charge in [-0.15, -0.1) is 11.6 Å². The second kappa shape index (κ2) is 8.00. The van der Waals surface area contributed by atoms with E-state index in [-0.39, 0.29) is 27.4 Å². The number of benzene rings is 1. The number of fused-ring (bicyclic) bond motifs is 3. The maximum Gasteiger partial charge on any atom is 0.407 e. The van der Waals surface area contributed by atoms with Crippen LogP contribution in [0.2, 0.25) is 5.02 Å². The Kier molecular flexibility index (Phi) is 6.03. The number of aromatic nitrogens is 3. The van der Waals surface area contributed by atoms with Crippen molar-refractivity contribution in [2.24, 2.45) is 0 Å². The van der Waals surface area contributed by atoms with Gasteiger partial charge in [0.25, 0.3) is 0 Å². The Bertz CT molecular complexity index is 1070. The monoisotopic (exact) mass is 490 g/mol. The van der Waals surface area contributed by atoms with Crippen molar-refractivity contribution in [1.29, 1.82) is 0 Å². The Labute approximate surface area is 179 Å². The van der Waals surface area contributed by atoms with Crippen molar-refractivity contribution in [2.45, 2.75) is 38.8 Å². The van der Waals surface area contributed by atoms with Crippen LogP contribution >= 0.6 is 39.1 Å². The number of hydrogen-bond acceptors (Lipinski definition) is 4. The topological polar surface area (TPSA) is 69.0 Å². The largest absolute Gasteiger partial charge is 0.444 e. The molecule has 0 bridgehead atoms. The Morgan fingerprint density at radius 3 is 2.79 bits per heavy atom. The molecular formula is C18H18BrCl2FN4O2. The van der Waals surface area contributed by atoms with E-state index in [0.717, 1.165) is 0 Å². The van der Waals surface area contributed by atoms with Gasteiger partial charge in [0.2, 0.25) is 0 Å². The molecule has 0 aliphatic heterocycles. The molecule has 0 saturated carbocycles. The van der Waals surface area contributed by atoms with E-state index in [9.17, 15) is 9.18 Å². The smallest absolute Gasteiger partial charge is 0.407 e. The highest BCUT2D eigenvalue weighted by Gasteiger charge is 2.19. The number of hydrogen-bond donors (Lipinski definition) is 1. The molecule has 0 fully saturated rings. The number of alkyl halides is 1. The molecule has 0 spiro atoms. The molecule has 6 nitrogen and oxygen atoms in total. The van der Waals surface area contributed by atoms with E-state index in [2.05, 4.69) is 31.2 Å². The van der Waals surface area contributed by atoms with Crippen LogP contribution in [0.1, 0.15) is 26.6 Å². The van der Waals surface area contributed by atoms with Gasteiger partial charge in [0.15, 0.2) is 5.82 Å². The van der Waals surface area contributed by atoms with Crippen molar-refractivity contribution in [3.8, 4) is 0 Å². The minimum absolute atomic E-state index is 0.148. The number of rotatable bonds is 4. The molecule has 1 N–H and O–H groups in total. The van der Waals surface area contributed by atoms with Crippen LogP contribution in [0.3, 0.4) is 0 Å². The third-order valence-electron chi connectivity index (χ3n) is 3.90. The molecule has 1 aromatic carbocycles. The Balaban J connectivity index is 2.00. The van der Waals surface area contributed by atoms with Crippen LogP contribution in [-0.4, -0.2) is 32.8 Å². The van der Waals surface area contributed by atoms with Crippen molar-refractivity contribution in [3.05, 3.63) is 33.4 Å². The number of imidazole rings is 1. The molecule has 0 atom stereocenters. The number of amides is 1. The molecule has 0 aliphatic rings. The molecule has 0 saturated heterocycles. The van der Waals surface area contributed by atoms with E-state index in [0.29, 0.717) is 28.8 Å². The summed E-state index contributed by atoms with van der Waals surface area (Å²) in [6.45, 7) is 6.01. The Morgan fingerprint density at radius 1 is 1.43 bits per heavy atom. The van der Waals surface area contributed by atoms with Crippen LogP contribution in [0.5, 0.6) is 0 Å². The van der Waals surface area contributed by atoms with Gasteiger partial charge in [0.05, 0.1) is 27.1 Å². The average molecular weight is 492 g/mol. The summed E-state index contributed by atoms with van der Waals surface area (Å²) in [7, 11) is 0. The lowest BCUT2D eigenvalue weighted by molar-refractivity contribution is 0.0526. The number of nitrogens with one attached hydrogen (secondary N) is 1. The molecule has 150 valence electrons. The summed E-state index contributed by atoms with van der Waals surface area (Å²) in [5.74, 6) is 0.183. The lowest BCUT2D eigenvalue weighted by atomic mass is 10.2.